The maximum absolute atomic E-state index is 12.5. The summed E-state index contributed by atoms with van der Waals surface area (Å²) in [4.78, 5) is 28.9. The third kappa shape index (κ3) is 3.55. The Labute approximate surface area is 179 Å². The second-order valence-electron chi connectivity index (χ2n) is 8.91. The Bertz CT molecular complexity index is 879. The quantitative estimate of drug-likeness (QED) is 0.513. The maximum Gasteiger partial charge on any atom is 0.410 e. The lowest BCUT2D eigenvalue weighted by Gasteiger charge is -2.32. The van der Waals surface area contributed by atoms with Crippen molar-refractivity contribution < 1.29 is 9.53 Å². The molecule has 1 aliphatic carbocycles. The first-order valence-corrected chi connectivity index (χ1v) is 11.0. The van der Waals surface area contributed by atoms with Crippen molar-refractivity contribution in [3.8, 4) is 0 Å². The Hall–Kier alpha value is -1.58. The number of hydrogen-bond donors (Lipinski definition) is 1. The highest BCUT2D eigenvalue weighted by atomic mass is 127. The van der Waals surface area contributed by atoms with Gasteiger partial charge in [-0.3, -0.25) is 0 Å². The van der Waals surface area contributed by atoms with Crippen LogP contribution in [-0.2, 0) is 4.74 Å². The number of ether oxygens (including phenoxy) is 1. The van der Waals surface area contributed by atoms with Gasteiger partial charge < -0.3 is 19.5 Å². The molecule has 1 saturated carbocycles. The molecule has 28 heavy (non-hydrogen) atoms. The molecule has 0 radical (unpaired) electrons. The Morgan fingerprint density at radius 1 is 1.46 bits per heavy atom. The van der Waals surface area contributed by atoms with Gasteiger partial charge in [0.05, 0.1) is 5.39 Å². The molecular formula is C20H28IN5O2. The van der Waals surface area contributed by atoms with E-state index in [0.29, 0.717) is 12.0 Å². The summed E-state index contributed by atoms with van der Waals surface area (Å²) in [7, 11) is 0. The average Bonchev–Trinajstić information content (AvgIpc) is 3.26. The summed E-state index contributed by atoms with van der Waals surface area (Å²) in [5.74, 6) is 1.48. The second-order valence-corrected chi connectivity index (χ2v) is 11.1. The highest BCUT2D eigenvalue weighted by Crippen LogP contribution is 2.50. The predicted molar refractivity (Wildman–Crippen MR) is 118 cm³/mol. The molecule has 8 heteroatoms. The van der Waals surface area contributed by atoms with E-state index in [0.717, 1.165) is 49.3 Å². The van der Waals surface area contributed by atoms with Crippen LogP contribution in [0.1, 0.15) is 40.5 Å². The van der Waals surface area contributed by atoms with Crippen LogP contribution in [-0.4, -0.2) is 60.6 Å². The van der Waals surface area contributed by atoms with E-state index in [2.05, 4.69) is 49.4 Å². The molecule has 1 unspecified atom stereocenters. The van der Waals surface area contributed by atoms with E-state index >= 15 is 0 Å². The molecule has 0 aromatic carbocycles. The standard InChI is InChI=1S/C20H28IN5O2/c1-5-26(17-15-6-7-22-16(15)23-12-24-17)14-8-13-10-25(11-20(13,21)9-14)18(27)28-19(2,3)4/h6-7,12-14H,5,8-11H2,1-4H3,(H,22,23,24)/t13?,14-,20-/m0/s1. The van der Waals surface area contributed by atoms with Gasteiger partial charge in [-0.1, -0.05) is 22.6 Å². The molecule has 152 valence electrons. The number of aromatic nitrogens is 3. The fourth-order valence-electron chi connectivity index (χ4n) is 4.63. The van der Waals surface area contributed by atoms with Gasteiger partial charge in [-0.15, -0.1) is 0 Å². The van der Waals surface area contributed by atoms with Crippen LogP contribution in [0.15, 0.2) is 18.6 Å². The number of H-pyrrole nitrogens is 1. The van der Waals surface area contributed by atoms with Gasteiger partial charge in [0.2, 0.25) is 0 Å². The summed E-state index contributed by atoms with van der Waals surface area (Å²) >= 11 is 2.59. The molecule has 2 aromatic rings. The molecule has 1 amide bonds. The van der Waals surface area contributed by atoms with Crippen molar-refractivity contribution in [1.82, 2.24) is 19.9 Å². The van der Waals surface area contributed by atoms with E-state index in [1.165, 1.54) is 0 Å². The minimum atomic E-state index is -0.455. The zero-order valence-corrected chi connectivity index (χ0v) is 19.1. The molecule has 2 aromatic heterocycles. The first kappa shape index (κ1) is 19.7. The Balaban J connectivity index is 1.50. The lowest BCUT2D eigenvalue weighted by atomic mass is 10.0. The van der Waals surface area contributed by atoms with Crippen LogP contribution >= 0.6 is 22.6 Å². The molecule has 7 nitrogen and oxygen atoms in total. The number of hydrogen-bond acceptors (Lipinski definition) is 5. The van der Waals surface area contributed by atoms with E-state index in [4.69, 9.17) is 4.74 Å². The number of carbonyl (C=O) groups excluding carboxylic acids is 1. The van der Waals surface area contributed by atoms with Crippen molar-refractivity contribution in [1.29, 1.82) is 0 Å². The number of fused-ring (bicyclic) bond motifs is 2. The topological polar surface area (TPSA) is 74.4 Å². The normalized spacial score (nSPS) is 27.2. The molecule has 0 bridgehead atoms. The second kappa shape index (κ2) is 7.03. The molecule has 1 saturated heterocycles. The van der Waals surface area contributed by atoms with Gasteiger partial charge in [0.1, 0.15) is 23.4 Å². The van der Waals surface area contributed by atoms with Crippen LogP contribution in [0.2, 0.25) is 0 Å². The van der Waals surface area contributed by atoms with Crippen LogP contribution in [0, 0.1) is 5.92 Å². The monoisotopic (exact) mass is 497 g/mol. The van der Waals surface area contributed by atoms with Gasteiger partial charge >= 0.3 is 6.09 Å². The van der Waals surface area contributed by atoms with Gasteiger partial charge in [-0.25, -0.2) is 14.8 Å². The van der Waals surface area contributed by atoms with Crippen molar-refractivity contribution >= 4 is 45.5 Å². The third-order valence-corrected chi connectivity index (χ3v) is 7.46. The molecule has 2 aliphatic rings. The van der Waals surface area contributed by atoms with E-state index in [1.807, 2.05) is 37.9 Å². The van der Waals surface area contributed by atoms with Gasteiger partial charge in [-0.2, -0.15) is 0 Å². The number of halogens is 1. The molecule has 1 N–H and O–H groups in total. The van der Waals surface area contributed by atoms with Crippen LogP contribution in [0.5, 0.6) is 0 Å². The lowest BCUT2D eigenvalue weighted by molar-refractivity contribution is 0.0282. The maximum atomic E-state index is 12.5. The van der Waals surface area contributed by atoms with E-state index in [-0.39, 0.29) is 9.51 Å². The number of alkyl halides is 1. The van der Waals surface area contributed by atoms with Gasteiger partial charge in [-0.05, 0) is 52.5 Å². The van der Waals surface area contributed by atoms with E-state index in [9.17, 15) is 4.79 Å². The minimum absolute atomic E-state index is 0.0943. The summed E-state index contributed by atoms with van der Waals surface area (Å²) in [6.07, 6.45) is 5.47. The summed E-state index contributed by atoms with van der Waals surface area (Å²) in [5, 5.41) is 1.07. The molecule has 0 spiro atoms. The van der Waals surface area contributed by atoms with Gasteiger partial charge in [0, 0.05) is 35.3 Å². The Morgan fingerprint density at radius 3 is 2.93 bits per heavy atom. The first-order valence-electron chi connectivity index (χ1n) is 9.92. The van der Waals surface area contributed by atoms with Crippen LogP contribution in [0.4, 0.5) is 10.6 Å². The summed E-state index contributed by atoms with van der Waals surface area (Å²) in [6.45, 7) is 10.4. The van der Waals surface area contributed by atoms with E-state index < -0.39 is 5.60 Å². The number of nitrogens with one attached hydrogen (secondary N) is 1. The zero-order valence-electron chi connectivity index (χ0n) is 16.9. The number of aromatic amines is 1. The van der Waals surface area contributed by atoms with Crippen molar-refractivity contribution in [3.05, 3.63) is 18.6 Å². The van der Waals surface area contributed by atoms with Crippen LogP contribution in [0.3, 0.4) is 0 Å². The summed E-state index contributed by atoms with van der Waals surface area (Å²) in [5.41, 5.74) is 0.422. The fraction of sp³-hybridized carbons (Fsp3) is 0.650. The van der Waals surface area contributed by atoms with Crippen molar-refractivity contribution in [2.24, 2.45) is 5.92 Å². The van der Waals surface area contributed by atoms with Crippen LogP contribution in [0.25, 0.3) is 11.0 Å². The molecule has 2 fully saturated rings. The van der Waals surface area contributed by atoms with Crippen LogP contribution < -0.4 is 4.90 Å². The number of nitrogens with zero attached hydrogens (tertiary/aromatic N) is 4. The Kier molecular flexibility index (Phi) is 4.96. The molecular weight excluding hydrogens is 469 g/mol. The number of amides is 1. The molecule has 3 atom stereocenters. The highest BCUT2D eigenvalue weighted by Gasteiger charge is 2.54. The number of carbonyl (C=O) groups is 1. The number of likely N-dealkylation sites (tertiary alicyclic amines) is 1. The molecule has 1 aliphatic heterocycles. The van der Waals surface area contributed by atoms with Gasteiger partial charge in [0.25, 0.3) is 0 Å². The Morgan fingerprint density at radius 2 is 2.25 bits per heavy atom. The molecule has 4 rings (SSSR count). The van der Waals surface area contributed by atoms with Crippen molar-refractivity contribution in [2.45, 2.75) is 55.6 Å². The summed E-state index contributed by atoms with van der Waals surface area (Å²) in [6, 6.07) is 2.47. The zero-order chi connectivity index (χ0) is 20.1. The highest BCUT2D eigenvalue weighted by molar-refractivity contribution is 14.1. The number of rotatable bonds is 3. The largest absolute Gasteiger partial charge is 0.444 e. The number of anilines is 1. The third-order valence-electron chi connectivity index (χ3n) is 5.80. The molecule has 3 heterocycles. The first-order chi connectivity index (χ1) is 13.2. The minimum Gasteiger partial charge on any atom is -0.444 e. The fourth-order valence-corrected chi connectivity index (χ4v) is 6.00. The SMILES string of the molecule is CCN(c1ncnc2[nH]ccc12)[C@H]1CC2CN(C(=O)OC(C)(C)C)C[C@@]2(I)C1. The van der Waals surface area contributed by atoms with Crippen molar-refractivity contribution in [3.63, 3.8) is 0 Å². The smallest absolute Gasteiger partial charge is 0.410 e. The van der Waals surface area contributed by atoms with E-state index in [1.54, 1.807) is 6.33 Å². The average molecular weight is 497 g/mol. The van der Waals surface area contributed by atoms with Crippen molar-refractivity contribution in [2.75, 3.05) is 24.5 Å². The van der Waals surface area contributed by atoms with Gasteiger partial charge in [0.15, 0.2) is 0 Å². The predicted octanol–water partition coefficient (Wildman–Crippen LogP) is 3.99. The summed E-state index contributed by atoms with van der Waals surface area (Å²) < 4.78 is 5.68. The lowest BCUT2D eigenvalue weighted by Crippen LogP contribution is -2.40.